The largest absolute Gasteiger partial charge is 0.443 e. The van der Waals surface area contributed by atoms with Gasteiger partial charge in [-0.1, -0.05) is 11.6 Å². The minimum absolute atomic E-state index is 0.314. The first kappa shape index (κ1) is 14.1. The molecule has 1 amide bonds. The molecule has 2 aromatic rings. The lowest BCUT2D eigenvalue weighted by Gasteiger charge is -2.19. The van der Waals surface area contributed by atoms with Gasteiger partial charge < -0.3 is 10.5 Å². The van der Waals surface area contributed by atoms with Crippen molar-refractivity contribution in [3.05, 3.63) is 35.5 Å². The van der Waals surface area contributed by atoms with E-state index in [0.717, 1.165) is 5.56 Å². The van der Waals surface area contributed by atoms with Crippen LogP contribution in [-0.4, -0.2) is 22.2 Å². The van der Waals surface area contributed by atoms with E-state index in [4.69, 9.17) is 10.5 Å². The topological polar surface area (TPSA) is 74.3 Å². The Bertz CT molecular complexity index is 693. The number of primary amides is 1. The van der Waals surface area contributed by atoms with Gasteiger partial charge in [0.1, 0.15) is 5.60 Å². The van der Waals surface area contributed by atoms with E-state index in [1.807, 2.05) is 19.1 Å². The van der Waals surface area contributed by atoms with Crippen molar-refractivity contribution in [2.75, 3.05) is 0 Å². The van der Waals surface area contributed by atoms with Crippen LogP contribution in [0, 0.1) is 6.92 Å². The molecule has 5 heteroatoms. The van der Waals surface area contributed by atoms with Crippen LogP contribution in [-0.2, 0) is 4.74 Å². The second kappa shape index (κ2) is 4.67. The first-order chi connectivity index (χ1) is 9.19. The Balaban J connectivity index is 2.60. The minimum atomic E-state index is -0.606. The van der Waals surface area contributed by atoms with Gasteiger partial charge >= 0.3 is 6.09 Å². The van der Waals surface area contributed by atoms with Gasteiger partial charge in [-0.15, -0.1) is 0 Å². The number of carbonyl (C=O) groups excluding carboxylic acids is 2. The Morgan fingerprint density at radius 2 is 1.90 bits per heavy atom. The van der Waals surface area contributed by atoms with E-state index in [9.17, 15) is 9.59 Å². The van der Waals surface area contributed by atoms with E-state index in [1.54, 1.807) is 26.8 Å². The summed E-state index contributed by atoms with van der Waals surface area (Å²) in [4.78, 5) is 23.7. The summed E-state index contributed by atoms with van der Waals surface area (Å²) < 4.78 is 6.65. The Morgan fingerprint density at radius 1 is 1.25 bits per heavy atom. The summed E-state index contributed by atoms with van der Waals surface area (Å²) in [5.74, 6) is -0.567. The minimum Gasteiger partial charge on any atom is -0.443 e. The van der Waals surface area contributed by atoms with E-state index in [0.29, 0.717) is 16.5 Å². The van der Waals surface area contributed by atoms with Gasteiger partial charge in [0.05, 0.1) is 11.1 Å². The second-order valence-corrected chi connectivity index (χ2v) is 5.78. The molecule has 5 nitrogen and oxygen atoms in total. The molecule has 1 aromatic carbocycles. The molecule has 0 aliphatic rings. The van der Waals surface area contributed by atoms with E-state index in [1.165, 1.54) is 10.8 Å². The van der Waals surface area contributed by atoms with E-state index < -0.39 is 17.6 Å². The summed E-state index contributed by atoms with van der Waals surface area (Å²) in [6, 6.07) is 5.48. The highest BCUT2D eigenvalue weighted by Crippen LogP contribution is 2.23. The van der Waals surface area contributed by atoms with Crippen molar-refractivity contribution in [3.8, 4) is 0 Å². The van der Waals surface area contributed by atoms with Crippen LogP contribution in [0.5, 0.6) is 0 Å². The SMILES string of the molecule is Cc1ccc2c(c1)c(C(N)=O)cn2C(=O)OC(C)(C)C. The smallest absolute Gasteiger partial charge is 0.419 e. The third kappa shape index (κ3) is 2.66. The number of nitrogens with zero attached hydrogens (tertiary/aromatic N) is 1. The highest BCUT2D eigenvalue weighted by molar-refractivity contribution is 6.08. The number of amides is 1. The molecule has 0 saturated carbocycles. The first-order valence-electron chi connectivity index (χ1n) is 6.34. The molecule has 2 N–H and O–H groups in total. The van der Waals surface area contributed by atoms with Gasteiger partial charge in [0.15, 0.2) is 0 Å². The fourth-order valence-corrected chi connectivity index (χ4v) is 2.00. The number of aromatic nitrogens is 1. The van der Waals surface area contributed by atoms with Crippen LogP contribution in [0.2, 0.25) is 0 Å². The summed E-state index contributed by atoms with van der Waals surface area (Å²) in [6.07, 6.45) is 0.902. The molecule has 1 aromatic heterocycles. The highest BCUT2D eigenvalue weighted by Gasteiger charge is 2.22. The van der Waals surface area contributed by atoms with Crippen molar-refractivity contribution >= 4 is 22.9 Å². The van der Waals surface area contributed by atoms with Crippen molar-refractivity contribution in [1.29, 1.82) is 0 Å². The number of fused-ring (bicyclic) bond motifs is 1. The van der Waals surface area contributed by atoms with Gasteiger partial charge in [0.25, 0.3) is 5.91 Å². The third-order valence-corrected chi connectivity index (χ3v) is 2.82. The van der Waals surface area contributed by atoms with Crippen molar-refractivity contribution in [2.45, 2.75) is 33.3 Å². The molecule has 20 heavy (non-hydrogen) atoms. The molecule has 0 atom stereocenters. The van der Waals surface area contributed by atoms with E-state index in [2.05, 4.69) is 0 Å². The number of hydrogen-bond acceptors (Lipinski definition) is 3. The number of rotatable bonds is 1. The molecule has 0 spiro atoms. The van der Waals surface area contributed by atoms with Gasteiger partial charge in [-0.05, 0) is 39.8 Å². The number of carbonyl (C=O) groups is 2. The highest BCUT2D eigenvalue weighted by atomic mass is 16.6. The molecule has 1 heterocycles. The molecule has 0 aliphatic heterocycles. The fourth-order valence-electron chi connectivity index (χ4n) is 2.00. The van der Waals surface area contributed by atoms with Gasteiger partial charge in [0, 0.05) is 11.6 Å². The van der Waals surface area contributed by atoms with Crippen LogP contribution in [0.4, 0.5) is 4.79 Å². The van der Waals surface area contributed by atoms with Gasteiger partial charge in [-0.2, -0.15) is 0 Å². The van der Waals surface area contributed by atoms with Crippen molar-refractivity contribution in [2.24, 2.45) is 5.73 Å². The zero-order valence-corrected chi connectivity index (χ0v) is 12.1. The zero-order valence-electron chi connectivity index (χ0n) is 12.1. The number of benzene rings is 1. The standard InChI is InChI=1S/C15H18N2O3/c1-9-5-6-12-10(7-9)11(13(16)18)8-17(12)14(19)20-15(2,3)4/h5-8H,1-4H3,(H2,16,18). The summed E-state index contributed by atoms with van der Waals surface area (Å²) in [5.41, 5.74) is 6.67. The van der Waals surface area contributed by atoms with E-state index >= 15 is 0 Å². The molecule has 0 bridgehead atoms. The van der Waals surface area contributed by atoms with Crippen LogP contribution in [0.15, 0.2) is 24.4 Å². The monoisotopic (exact) mass is 274 g/mol. The van der Waals surface area contributed by atoms with Gasteiger partial charge in [0.2, 0.25) is 0 Å². The number of nitrogens with two attached hydrogens (primary N) is 1. The molecule has 0 aliphatic carbocycles. The van der Waals surface area contributed by atoms with Crippen LogP contribution >= 0.6 is 0 Å². The molecule has 0 unspecified atom stereocenters. The third-order valence-electron chi connectivity index (χ3n) is 2.82. The van der Waals surface area contributed by atoms with Crippen LogP contribution in [0.3, 0.4) is 0 Å². The van der Waals surface area contributed by atoms with Crippen molar-refractivity contribution < 1.29 is 14.3 Å². The van der Waals surface area contributed by atoms with E-state index in [-0.39, 0.29) is 0 Å². The summed E-state index contributed by atoms with van der Waals surface area (Å²) in [5, 5.41) is 0.656. The number of ether oxygens (including phenoxy) is 1. The zero-order chi connectivity index (χ0) is 15.1. The maximum atomic E-state index is 12.2. The predicted octanol–water partition coefficient (Wildman–Crippen LogP) is 2.83. The predicted molar refractivity (Wildman–Crippen MR) is 76.8 cm³/mol. The summed E-state index contributed by atoms with van der Waals surface area (Å²) in [7, 11) is 0. The van der Waals surface area contributed by atoms with Gasteiger partial charge in [-0.25, -0.2) is 4.79 Å². The average molecular weight is 274 g/mol. The summed E-state index contributed by atoms with van der Waals surface area (Å²) in [6.45, 7) is 7.27. The molecular weight excluding hydrogens is 256 g/mol. The Hall–Kier alpha value is -2.30. The van der Waals surface area contributed by atoms with Crippen LogP contribution < -0.4 is 5.73 Å². The molecule has 0 saturated heterocycles. The number of hydrogen-bond donors (Lipinski definition) is 1. The lowest BCUT2D eigenvalue weighted by Crippen LogP contribution is -2.26. The van der Waals surface area contributed by atoms with Crippen molar-refractivity contribution in [1.82, 2.24) is 4.57 Å². The normalized spacial score (nSPS) is 11.6. The fraction of sp³-hybridized carbons (Fsp3) is 0.333. The first-order valence-corrected chi connectivity index (χ1v) is 6.34. The van der Waals surface area contributed by atoms with Gasteiger partial charge in [-0.3, -0.25) is 9.36 Å². The number of aryl methyl sites for hydroxylation is 1. The Morgan fingerprint density at radius 3 is 2.45 bits per heavy atom. The quantitative estimate of drug-likeness (QED) is 0.868. The second-order valence-electron chi connectivity index (χ2n) is 5.78. The molecular formula is C15H18N2O3. The maximum Gasteiger partial charge on any atom is 0.419 e. The van der Waals surface area contributed by atoms with Crippen LogP contribution in [0.1, 0.15) is 36.7 Å². The maximum absolute atomic E-state index is 12.2. The molecule has 106 valence electrons. The van der Waals surface area contributed by atoms with Crippen molar-refractivity contribution in [3.63, 3.8) is 0 Å². The Labute approximate surface area is 117 Å². The molecule has 0 radical (unpaired) electrons. The average Bonchev–Trinajstić information content (AvgIpc) is 2.65. The Kier molecular flexibility index (Phi) is 3.29. The molecule has 2 rings (SSSR count). The summed E-state index contributed by atoms with van der Waals surface area (Å²) >= 11 is 0. The lowest BCUT2D eigenvalue weighted by molar-refractivity contribution is 0.0544. The van der Waals surface area contributed by atoms with Crippen LogP contribution in [0.25, 0.3) is 10.9 Å². The molecule has 0 fully saturated rings. The lowest BCUT2D eigenvalue weighted by atomic mass is 10.1.